The molecular weight excluding hydrogens is 368 g/mol. The number of carbonyl (C=O) groups is 1. The van der Waals surface area contributed by atoms with Crippen LogP contribution in [-0.4, -0.2) is 71.2 Å². The fourth-order valence-corrected chi connectivity index (χ4v) is 5.12. The topological polar surface area (TPSA) is 95.7 Å². The van der Waals surface area contributed by atoms with E-state index in [1.807, 2.05) is 24.6 Å². The zero-order valence-electron chi connectivity index (χ0n) is 15.9. The average Bonchev–Trinajstić information content (AvgIpc) is 3.04. The van der Waals surface area contributed by atoms with Crippen LogP contribution in [0.4, 0.5) is 0 Å². The molecule has 1 N–H and O–H groups in total. The van der Waals surface area contributed by atoms with Crippen LogP contribution in [-0.2, 0) is 14.8 Å². The van der Waals surface area contributed by atoms with Gasteiger partial charge in [0.1, 0.15) is 0 Å². The zero-order valence-corrected chi connectivity index (χ0v) is 16.7. The summed E-state index contributed by atoms with van der Waals surface area (Å²) >= 11 is 0. The van der Waals surface area contributed by atoms with E-state index in [0.29, 0.717) is 25.9 Å². The summed E-state index contributed by atoms with van der Waals surface area (Å²) in [4.78, 5) is 12.9. The molecule has 1 aromatic carbocycles. The van der Waals surface area contributed by atoms with Crippen molar-refractivity contribution in [2.75, 3.05) is 26.7 Å². The van der Waals surface area contributed by atoms with E-state index in [9.17, 15) is 13.2 Å². The third-order valence-corrected chi connectivity index (χ3v) is 7.02. The second-order valence-electron chi connectivity index (χ2n) is 7.35. The second kappa shape index (κ2) is 7.57. The molecule has 0 radical (unpaired) electrons. The Morgan fingerprint density at radius 2 is 2.00 bits per heavy atom. The number of sulfonamides is 1. The second-order valence-corrected chi connectivity index (χ2v) is 9.29. The van der Waals surface area contributed by atoms with Gasteiger partial charge in [0.25, 0.3) is 0 Å². The number of aliphatic carboxylic acids is 1. The molecule has 0 unspecified atom stereocenters. The molecule has 2 aromatic rings. The normalized spacial score (nSPS) is 17.2. The zero-order chi connectivity index (χ0) is 19.8. The van der Waals surface area contributed by atoms with Crippen LogP contribution in [0.3, 0.4) is 0 Å². The number of rotatable bonds is 6. The first kappa shape index (κ1) is 19.8. The molecule has 148 valence electrons. The van der Waals surface area contributed by atoms with E-state index in [0.717, 1.165) is 10.9 Å². The summed E-state index contributed by atoms with van der Waals surface area (Å²) in [5.74, 6) is -0.872. The molecule has 1 saturated heterocycles. The molecule has 2 heterocycles. The molecule has 0 saturated carbocycles. The minimum atomic E-state index is -3.58. The first-order chi connectivity index (χ1) is 12.7. The Kier molecular flexibility index (Phi) is 5.55. The highest BCUT2D eigenvalue weighted by Crippen LogP contribution is 2.26. The van der Waals surface area contributed by atoms with Gasteiger partial charge in [-0.1, -0.05) is 0 Å². The van der Waals surface area contributed by atoms with Crippen molar-refractivity contribution in [3.05, 3.63) is 24.4 Å². The van der Waals surface area contributed by atoms with Gasteiger partial charge in [0.05, 0.1) is 23.2 Å². The average molecular weight is 394 g/mol. The van der Waals surface area contributed by atoms with E-state index in [1.54, 1.807) is 30.3 Å². The molecule has 0 bridgehead atoms. The highest BCUT2D eigenvalue weighted by Gasteiger charge is 2.31. The third-order valence-electron chi connectivity index (χ3n) is 5.13. The van der Waals surface area contributed by atoms with Crippen LogP contribution in [0.2, 0.25) is 0 Å². The predicted molar refractivity (Wildman–Crippen MR) is 102 cm³/mol. The van der Waals surface area contributed by atoms with Crippen LogP contribution in [0.1, 0.15) is 32.7 Å². The summed E-state index contributed by atoms with van der Waals surface area (Å²) < 4.78 is 29.4. The molecule has 9 heteroatoms. The molecule has 1 aliphatic heterocycles. The monoisotopic (exact) mass is 394 g/mol. The van der Waals surface area contributed by atoms with Crippen molar-refractivity contribution < 1.29 is 18.3 Å². The van der Waals surface area contributed by atoms with Gasteiger partial charge >= 0.3 is 5.97 Å². The maximum absolute atomic E-state index is 13.0. The van der Waals surface area contributed by atoms with Crippen LogP contribution in [0.15, 0.2) is 29.3 Å². The molecule has 0 amide bonds. The van der Waals surface area contributed by atoms with E-state index in [4.69, 9.17) is 5.11 Å². The van der Waals surface area contributed by atoms with Gasteiger partial charge in [0.15, 0.2) is 0 Å². The summed E-state index contributed by atoms with van der Waals surface area (Å²) in [5.41, 5.74) is 0.915. The Hall–Kier alpha value is -1.97. The van der Waals surface area contributed by atoms with Gasteiger partial charge in [-0.2, -0.15) is 9.40 Å². The lowest BCUT2D eigenvalue weighted by molar-refractivity contribution is -0.138. The Morgan fingerprint density at radius 1 is 1.33 bits per heavy atom. The third kappa shape index (κ3) is 3.99. The van der Waals surface area contributed by atoms with E-state index in [2.05, 4.69) is 5.10 Å². The number of piperidine rings is 1. The fourth-order valence-electron chi connectivity index (χ4n) is 3.62. The largest absolute Gasteiger partial charge is 0.480 e. The van der Waals surface area contributed by atoms with Crippen LogP contribution >= 0.6 is 0 Å². The number of nitrogens with zero attached hydrogens (tertiary/aromatic N) is 4. The van der Waals surface area contributed by atoms with Crippen molar-refractivity contribution in [2.24, 2.45) is 0 Å². The van der Waals surface area contributed by atoms with Crippen molar-refractivity contribution in [3.63, 3.8) is 0 Å². The van der Waals surface area contributed by atoms with Crippen molar-refractivity contribution >= 4 is 26.9 Å². The molecule has 0 atom stereocenters. The Labute approximate surface area is 159 Å². The summed E-state index contributed by atoms with van der Waals surface area (Å²) in [5, 5.41) is 14.1. The van der Waals surface area contributed by atoms with Crippen LogP contribution in [0, 0.1) is 0 Å². The van der Waals surface area contributed by atoms with E-state index in [-0.39, 0.29) is 23.5 Å². The van der Waals surface area contributed by atoms with E-state index < -0.39 is 16.0 Å². The number of likely N-dealkylation sites (N-methyl/N-ethyl adjacent to an activating group) is 1. The van der Waals surface area contributed by atoms with Crippen LogP contribution in [0.5, 0.6) is 0 Å². The fraction of sp³-hybridized carbons (Fsp3) is 0.556. The van der Waals surface area contributed by atoms with Crippen molar-refractivity contribution in [2.45, 2.75) is 43.7 Å². The van der Waals surface area contributed by atoms with Gasteiger partial charge in [-0.05, 0) is 51.9 Å². The number of benzene rings is 1. The lowest BCUT2D eigenvalue weighted by atomic mass is 10.1. The first-order valence-electron chi connectivity index (χ1n) is 9.09. The summed E-state index contributed by atoms with van der Waals surface area (Å²) in [6.07, 6.45) is 2.94. The SMILES string of the molecule is CC(C)n1ncc2cc(S(=O)(=O)N3CCC(N(C)CC(=O)O)CC3)ccc21. The molecule has 0 aliphatic carbocycles. The van der Waals surface area contributed by atoms with E-state index in [1.165, 1.54) is 4.31 Å². The van der Waals surface area contributed by atoms with Crippen LogP contribution < -0.4 is 0 Å². The summed E-state index contributed by atoms with van der Waals surface area (Å²) in [6, 6.07) is 5.41. The molecule has 1 fully saturated rings. The number of fused-ring (bicyclic) bond motifs is 1. The minimum absolute atomic E-state index is 0.0338. The predicted octanol–water partition coefficient (Wildman–Crippen LogP) is 1.79. The Balaban J connectivity index is 1.75. The molecule has 3 rings (SSSR count). The standard InChI is InChI=1S/C18H26N4O4S/c1-13(2)22-17-5-4-16(10-14(17)11-19-22)27(25,26)21-8-6-15(7-9-21)20(3)12-18(23)24/h4-5,10-11,13,15H,6-9,12H2,1-3H3,(H,23,24). The highest BCUT2D eigenvalue weighted by atomic mass is 32.2. The molecule has 1 aliphatic rings. The quantitative estimate of drug-likeness (QED) is 0.802. The van der Waals surface area contributed by atoms with Gasteiger partial charge in [-0.3, -0.25) is 14.4 Å². The number of carboxylic acids is 1. The number of hydrogen-bond acceptors (Lipinski definition) is 5. The molecule has 27 heavy (non-hydrogen) atoms. The number of carboxylic acid groups (broad SMARTS) is 1. The van der Waals surface area contributed by atoms with Gasteiger partial charge in [-0.15, -0.1) is 0 Å². The van der Waals surface area contributed by atoms with Crippen molar-refractivity contribution in [3.8, 4) is 0 Å². The minimum Gasteiger partial charge on any atom is -0.480 e. The number of hydrogen-bond donors (Lipinski definition) is 1. The molecule has 0 spiro atoms. The molecule has 8 nitrogen and oxygen atoms in total. The van der Waals surface area contributed by atoms with Gasteiger partial charge in [-0.25, -0.2) is 8.42 Å². The lowest BCUT2D eigenvalue weighted by Gasteiger charge is -2.35. The maximum atomic E-state index is 13.0. The summed E-state index contributed by atoms with van der Waals surface area (Å²) in [7, 11) is -1.81. The smallest absolute Gasteiger partial charge is 0.317 e. The Bertz CT molecular complexity index is 930. The highest BCUT2D eigenvalue weighted by molar-refractivity contribution is 7.89. The maximum Gasteiger partial charge on any atom is 0.317 e. The molecular formula is C18H26N4O4S. The van der Waals surface area contributed by atoms with Crippen molar-refractivity contribution in [1.29, 1.82) is 0 Å². The van der Waals surface area contributed by atoms with Gasteiger partial charge < -0.3 is 5.11 Å². The lowest BCUT2D eigenvalue weighted by Crippen LogP contribution is -2.46. The van der Waals surface area contributed by atoms with E-state index >= 15 is 0 Å². The summed E-state index contributed by atoms with van der Waals surface area (Å²) in [6.45, 7) is 4.81. The first-order valence-corrected chi connectivity index (χ1v) is 10.5. The molecule has 1 aromatic heterocycles. The van der Waals surface area contributed by atoms with Crippen molar-refractivity contribution in [1.82, 2.24) is 19.0 Å². The van der Waals surface area contributed by atoms with Crippen LogP contribution in [0.25, 0.3) is 10.9 Å². The van der Waals surface area contributed by atoms with Gasteiger partial charge in [0, 0.05) is 30.6 Å². The number of aromatic nitrogens is 2. The Morgan fingerprint density at radius 3 is 2.59 bits per heavy atom. The van der Waals surface area contributed by atoms with Gasteiger partial charge in [0.2, 0.25) is 10.0 Å².